The molecular formula is C16H22F3NO3. The van der Waals surface area contributed by atoms with Crippen LogP contribution in [-0.2, 0) is 6.54 Å². The Balaban J connectivity index is 1.97. The second-order valence-corrected chi connectivity index (χ2v) is 5.75. The maximum absolute atomic E-state index is 12.6. The Morgan fingerprint density at radius 1 is 1.22 bits per heavy atom. The van der Waals surface area contributed by atoms with Crippen molar-refractivity contribution in [2.75, 3.05) is 27.3 Å². The quantitative estimate of drug-likeness (QED) is 0.900. The maximum Gasteiger partial charge on any atom is 0.414 e. The summed E-state index contributed by atoms with van der Waals surface area (Å²) in [6.45, 7) is 1.60. The van der Waals surface area contributed by atoms with Crippen LogP contribution in [0.15, 0.2) is 18.2 Å². The topological polar surface area (TPSA) is 41.9 Å². The van der Waals surface area contributed by atoms with E-state index in [-0.39, 0.29) is 0 Å². The summed E-state index contributed by atoms with van der Waals surface area (Å²) in [6, 6.07) is 5.57. The van der Waals surface area contributed by atoms with Crippen molar-refractivity contribution in [1.82, 2.24) is 4.90 Å². The van der Waals surface area contributed by atoms with Crippen LogP contribution in [-0.4, -0.2) is 49.6 Å². The summed E-state index contributed by atoms with van der Waals surface area (Å²) in [5.74, 6) is 0.554. The lowest BCUT2D eigenvalue weighted by Crippen LogP contribution is -2.43. The molecule has 1 aliphatic rings. The zero-order chi connectivity index (χ0) is 17.0. The van der Waals surface area contributed by atoms with Crippen molar-refractivity contribution in [2.45, 2.75) is 31.7 Å². The van der Waals surface area contributed by atoms with Crippen LogP contribution in [0.5, 0.6) is 11.5 Å². The van der Waals surface area contributed by atoms with Gasteiger partial charge in [-0.2, -0.15) is 13.2 Å². The second kappa shape index (κ2) is 7.40. The Bertz CT molecular complexity index is 514. The molecule has 2 rings (SSSR count). The van der Waals surface area contributed by atoms with Gasteiger partial charge in [-0.15, -0.1) is 0 Å². The number of alkyl halides is 3. The lowest BCUT2D eigenvalue weighted by atomic mass is 9.90. The van der Waals surface area contributed by atoms with Crippen molar-refractivity contribution in [3.8, 4) is 11.5 Å². The number of hydrogen-bond donors (Lipinski definition) is 1. The first-order valence-electron chi connectivity index (χ1n) is 7.53. The van der Waals surface area contributed by atoms with Gasteiger partial charge in [-0.3, -0.25) is 4.90 Å². The molecule has 0 aromatic heterocycles. The highest BCUT2D eigenvalue weighted by atomic mass is 19.4. The largest absolute Gasteiger partial charge is 0.493 e. The molecule has 7 heteroatoms. The molecule has 1 unspecified atom stereocenters. The van der Waals surface area contributed by atoms with E-state index < -0.39 is 18.2 Å². The number of methoxy groups -OCH3 is 2. The average Bonchev–Trinajstić information content (AvgIpc) is 2.53. The van der Waals surface area contributed by atoms with Gasteiger partial charge in [0.15, 0.2) is 17.6 Å². The van der Waals surface area contributed by atoms with E-state index in [1.165, 1.54) is 0 Å². The smallest absolute Gasteiger partial charge is 0.414 e. The van der Waals surface area contributed by atoms with Gasteiger partial charge < -0.3 is 14.6 Å². The molecule has 0 radical (unpaired) electrons. The van der Waals surface area contributed by atoms with Crippen LogP contribution < -0.4 is 9.47 Å². The van der Waals surface area contributed by atoms with E-state index in [0.717, 1.165) is 5.56 Å². The number of piperidine rings is 1. The number of benzene rings is 1. The number of likely N-dealkylation sites (tertiary alicyclic amines) is 1. The van der Waals surface area contributed by atoms with Crippen molar-refractivity contribution < 1.29 is 27.8 Å². The van der Waals surface area contributed by atoms with Crippen molar-refractivity contribution in [1.29, 1.82) is 0 Å². The van der Waals surface area contributed by atoms with Crippen LogP contribution in [0, 0.1) is 5.92 Å². The minimum absolute atomic E-state index is 0.326. The summed E-state index contributed by atoms with van der Waals surface area (Å²) in [4.78, 5) is 2.07. The Morgan fingerprint density at radius 3 is 2.39 bits per heavy atom. The van der Waals surface area contributed by atoms with Gasteiger partial charge >= 0.3 is 6.18 Å². The minimum Gasteiger partial charge on any atom is -0.493 e. The number of aliphatic hydroxyl groups is 1. The van der Waals surface area contributed by atoms with Crippen LogP contribution >= 0.6 is 0 Å². The molecule has 0 amide bonds. The molecule has 0 spiro atoms. The highest BCUT2D eigenvalue weighted by Gasteiger charge is 2.44. The Kier molecular flexibility index (Phi) is 5.75. The van der Waals surface area contributed by atoms with Gasteiger partial charge in [0.05, 0.1) is 14.2 Å². The molecule has 1 atom stereocenters. The van der Waals surface area contributed by atoms with Gasteiger partial charge in [-0.25, -0.2) is 0 Å². The van der Waals surface area contributed by atoms with Gasteiger partial charge in [-0.1, -0.05) is 12.1 Å². The monoisotopic (exact) mass is 333 g/mol. The van der Waals surface area contributed by atoms with Gasteiger partial charge in [0.25, 0.3) is 0 Å². The first-order chi connectivity index (χ1) is 10.9. The van der Waals surface area contributed by atoms with E-state index >= 15 is 0 Å². The third kappa shape index (κ3) is 4.29. The summed E-state index contributed by atoms with van der Waals surface area (Å²) in [7, 11) is 3.12. The number of aliphatic hydroxyl groups excluding tert-OH is 1. The number of halogens is 3. The van der Waals surface area contributed by atoms with E-state index in [0.29, 0.717) is 44.0 Å². The summed E-state index contributed by atoms with van der Waals surface area (Å²) < 4.78 is 48.3. The highest BCUT2D eigenvalue weighted by molar-refractivity contribution is 5.46. The van der Waals surface area contributed by atoms with E-state index in [9.17, 15) is 18.3 Å². The molecule has 1 fully saturated rings. The maximum atomic E-state index is 12.6. The van der Waals surface area contributed by atoms with Crippen molar-refractivity contribution in [2.24, 2.45) is 5.92 Å². The van der Waals surface area contributed by atoms with Crippen molar-refractivity contribution in [3.63, 3.8) is 0 Å². The van der Waals surface area contributed by atoms with Crippen LogP contribution in [0.3, 0.4) is 0 Å². The summed E-state index contributed by atoms with van der Waals surface area (Å²) in [5, 5.41) is 9.36. The van der Waals surface area contributed by atoms with Crippen molar-refractivity contribution in [3.05, 3.63) is 23.8 Å². The van der Waals surface area contributed by atoms with Crippen LogP contribution in [0.4, 0.5) is 13.2 Å². The van der Waals surface area contributed by atoms with E-state index in [1.54, 1.807) is 20.3 Å². The first-order valence-corrected chi connectivity index (χ1v) is 7.53. The molecule has 1 aromatic rings. The molecule has 1 N–H and O–H groups in total. The number of nitrogens with zero attached hydrogens (tertiary/aromatic N) is 1. The lowest BCUT2D eigenvalue weighted by molar-refractivity contribution is -0.223. The molecule has 0 aliphatic carbocycles. The molecule has 1 aromatic carbocycles. The third-order valence-electron chi connectivity index (χ3n) is 4.29. The molecule has 1 aliphatic heterocycles. The zero-order valence-electron chi connectivity index (χ0n) is 13.3. The van der Waals surface area contributed by atoms with Crippen LogP contribution in [0.1, 0.15) is 18.4 Å². The molecular weight excluding hydrogens is 311 g/mol. The Morgan fingerprint density at radius 2 is 1.87 bits per heavy atom. The first kappa shape index (κ1) is 17.9. The van der Waals surface area contributed by atoms with Gasteiger partial charge in [-0.05, 0) is 37.9 Å². The van der Waals surface area contributed by atoms with Gasteiger partial charge in [0.1, 0.15) is 0 Å². The standard InChI is InChI=1S/C16H22F3NO3/c1-22-13-5-3-4-12(14(13)23-2)10-20-8-6-11(7-9-20)15(21)16(17,18)19/h3-5,11,15,21H,6-10H2,1-2H3. The van der Waals surface area contributed by atoms with Gasteiger partial charge in [0, 0.05) is 12.1 Å². The van der Waals surface area contributed by atoms with E-state index in [4.69, 9.17) is 9.47 Å². The Labute approximate surface area is 133 Å². The average molecular weight is 333 g/mol. The third-order valence-corrected chi connectivity index (χ3v) is 4.29. The summed E-state index contributed by atoms with van der Waals surface area (Å²) in [6.07, 6.45) is -6.11. The van der Waals surface area contributed by atoms with E-state index in [2.05, 4.69) is 4.90 Å². The van der Waals surface area contributed by atoms with Crippen LogP contribution in [0.25, 0.3) is 0 Å². The molecule has 1 saturated heterocycles. The highest BCUT2D eigenvalue weighted by Crippen LogP contribution is 2.34. The fraction of sp³-hybridized carbons (Fsp3) is 0.625. The SMILES string of the molecule is COc1cccc(CN2CCC(C(O)C(F)(F)F)CC2)c1OC. The lowest BCUT2D eigenvalue weighted by Gasteiger charge is -2.35. The summed E-state index contributed by atoms with van der Waals surface area (Å²) >= 11 is 0. The molecule has 1 heterocycles. The molecule has 4 nitrogen and oxygen atoms in total. The number of ether oxygens (including phenoxy) is 2. The van der Waals surface area contributed by atoms with Crippen LogP contribution in [0.2, 0.25) is 0 Å². The minimum atomic E-state index is -4.54. The number of rotatable bonds is 5. The molecule has 0 saturated carbocycles. The molecule has 23 heavy (non-hydrogen) atoms. The van der Waals surface area contributed by atoms with Crippen molar-refractivity contribution >= 4 is 0 Å². The predicted octanol–water partition coefficient (Wildman–Crippen LogP) is 2.84. The normalized spacial score (nSPS) is 18.7. The zero-order valence-corrected chi connectivity index (χ0v) is 13.3. The second-order valence-electron chi connectivity index (χ2n) is 5.75. The van der Waals surface area contributed by atoms with Gasteiger partial charge in [0.2, 0.25) is 0 Å². The van der Waals surface area contributed by atoms with E-state index in [1.807, 2.05) is 12.1 Å². The number of hydrogen-bond acceptors (Lipinski definition) is 4. The fourth-order valence-corrected chi connectivity index (χ4v) is 3.01. The predicted molar refractivity (Wildman–Crippen MR) is 79.6 cm³/mol. The summed E-state index contributed by atoms with van der Waals surface area (Å²) in [5.41, 5.74) is 0.932. The number of para-hydroxylation sites is 1. The Hall–Kier alpha value is -1.47. The fourth-order valence-electron chi connectivity index (χ4n) is 3.01. The molecule has 0 bridgehead atoms. The molecule has 130 valence electrons.